The van der Waals surface area contributed by atoms with Gasteiger partial charge in [-0.15, -0.1) is 0 Å². The third kappa shape index (κ3) is 1.41. The van der Waals surface area contributed by atoms with E-state index in [1.165, 1.54) is 0 Å². The number of rotatable bonds is 0. The fourth-order valence-electron chi connectivity index (χ4n) is 1.96. The van der Waals surface area contributed by atoms with Crippen LogP contribution >= 0.6 is 0 Å². The Morgan fingerprint density at radius 3 is 3.00 bits per heavy atom. The van der Waals surface area contributed by atoms with Gasteiger partial charge in [0.25, 0.3) is 5.56 Å². The fraction of sp³-hybridized carbons (Fsp3) is 0.0769. The predicted molar refractivity (Wildman–Crippen MR) is 61.5 cm³/mol. The SMILES string of the molecule is N#Cc1cc2c([nH]c1=O)-c1ccccc1OC2. The molecule has 2 heterocycles. The second kappa shape index (κ2) is 3.49. The highest BCUT2D eigenvalue weighted by Gasteiger charge is 2.18. The molecule has 0 radical (unpaired) electrons. The molecule has 0 bridgehead atoms. The molecule has 1 aliphatic rings. The molecular weight excluding hydrogens is 216 g/mol. The first-order valence-corrected chi connectivity index (χ1v) is 5.18. The minimum Gasteiger partial charge on any atom is -0.488 e. The van der Waals surface area contributed by atoms with Crippen molar-refractivity contribution in [1.82, 2.24) is 4.98 Å². The van der Waals surface area contributed by atoms with Crippen LogP contribution < -0.4 is 10.3 Å². The van der Waals surface area contributed by atoms with Crippen molar-refractivity contribution in [3.05, 3.63) is 51.8 Å². The molecule has 0 amide bonds. The lowest BCUT2D eigenvalue weighted by Gasteiger charge is -2.20. The monoisotopic (exact) mass is 224 g/mol. The van der Waals surface area contributed by atoms with Crippen molar-refractivity contribution in [3.8, 4) is 23.1 Å². The Morgan fingerprint density at radius 1 is 1.35 bits per heavy atom. The average molecular weight is 224 g/mol. The Bertz CT molecular complexity index is 695. The van der Waals surface area contributed by atoms with Crippen LogP contribution in [0.5, 0.6) is 5.75 Å². The molecule has 0 saturated heterocycles. The van der Waals surface area contributed by atoms with Crippen molar-refractivity contribution >= 4 is 0 Å². The standard InChI is InChI=1S/C13H8N2O2/c14-6-8-5-9-7-17-11-4-2-1-3-10(11)12(9)15-13(8)16/h1-5H,7H2,(H,15,16). The van der Waals surface area contributed by atoms with Gasteiger partial charge in [-0.25, -0.2) is 0 Å². The molecule has 1 aromatic carbocycles. The van der Waals surface area contributed by atoms with E-state index in [0.29, 0.717) is 6.61 Å². The van der Waals surface area contributed by atoms with Crippen molar-refractivity contribution in [2.75, 3.05) is 0 Å². The smallest absolute Gasteiger partial charge is 0.266 e. The summed E-state index contributed by atoms with van der Waals surface area (Å²) in [6.07, 6.45) is 0. The Labute approximate surface area is 97.1 Å². The molecule has 2 aromatic rings. The first-order valence-electron chi connectivity index (χ1n) is 5.18. The first-order chi connectivity index (χ1) is 8.29. The van der Waals surface area contributed by atoms with Gasteiger partial charge in [0.15, 0.2) is 0 Å². The van der Waals surface area contributed by atoms with Gasteiger partial charge in [-0.1, -0.05) is 12.1 Å². The van der Waals surface area contributed by atoms with E-state index >= 15 is 0 Å². The molecule has 0 unspecified atom stereocenters. The van der Waals surface area contributed by atoms with Crippen molar-refractivity contribution in [1.29, 1.82) is 5.26 Å². The van der Waals surface area contributed by atoms with Crippen LogP contribution in [0.2, 0.25) is 0 Å². The number of nitrogens with one attached hydrogen (secondary N) is 1. The number of benzene rings is 1. The highest BCUT2D eigenvalue weighted by Crippen LogP contribution is 2.35. The highest BCUT2D eigenvalue weighted by molar-refractivity contribution is 5.72. The van der Waals surface area contributed by atoms with Gasteiger partial charge in [-0.2, -0.15) is 5.26 Å². The molecule has 1 aromatic heterocycles. The van der Waals surface area contributed by atoms with Crippen LogP contribution in [0, 0.1) is 11.3 Å². The van der Waals surface area contributed by atoms with Gasteiger partial charge in [0.1, 0.15) is 24.0 Å². The van der Waals surface area contributed by atoms with E-state index in [1.54, 1.807) is 6.07 Å². The highest BCUT2D eigenvalue weighted by atomic mass is 16.5. The summed E-state index contributed by atoms with van der Waals surface area (Å²) in [4.78, 5) is 14.4. The van der Waals surface area contributed by atoms with Crippen LogP contribution in [0.4, 0.5) is 0 Å². The topological polar surface area (TPSA) is 65.9 Å². The van der Waals surface area contributed by atoms with Gasteiger partial charge >= 0.3 is 0 Å². The minimum absolute atomic E-state index is 0.117. The molecule has 4 nitrogen and oxygen atoms in total. The molecule has 0 aliphatic carbocycles. The zero-order valence-corrected chi connectivity index (χ0v) is 8.86. The summed E-state index contributed by atoms with van der Waals surface area (Å²) in [5, 5.41) is 8.80. The number of nitriles is 1. The van der Waals surface area contributed by atoms with E-state index in [-0.39, 0.29) is 11.1 Å². The van der Waals surface area contributed by atoms with Crippen LogP contribution in [0.15, 0.2) is 35.1 Å². The van der Waals surface area contributed by atoms with E-state index in [4.69, 9.17) is 10.00 Å². The summed E-state index contributed by atoms with van der Waals surface area (Å²) < 4.78 is 5.56. The lowest BCUT2D eigenvalue weighted by molar-refractivity contribution is 0.301. The number of aromatic nitrogens is 1. The molecule has 0 atom stereocenters. The second-order valence-electron chi connectivity index (χ2n) is 3.81. The van der Waals surface area contributed by atoms with E-state index in [1.807, 2.05) is 30.3 Å². The van der Waals surface area contributed by atoms with E-state index in [0.717, 1.165) is 22.6 Å². The van der Waals surface area contributed by atoms with E-state index < -0.39 is 0 Å². The van der Waals surface area contributed by atoms with Crippen LogP contribution in [0.3, 0.4) is 0 Å². The largest absolute Gasteiger partial charge is 0.488 e. The van der Waals surface area contributed by atoms with Gasteiger partial charge in [-0.05, 0) is 18.2 Å². The van der Waals surface area contributed by atoms with Gasteiger partial charge in [0.05, 0.1) is 5.69 Å². The zero-order chi connectivity index (χ0) is 11.8. The number of fused-ring (bicyclic) bond motifs is 3. The van der Waals surface area contributed by atoms with E-state index in [2.05, 4.69) is 4.98 Å². The molecule has 17 heavy (non-hydrogen) atoms. The summed E-state index contributed by atoms with van der Waals surface area (Å²) >= 11 is 0. The lowest BCUT2D eigenvalue weighted by Crippen LogP contribution is -2.16. The fourth-order valence-corrected chi connectivity index (χ4v) is 1.96. The molecule has 82 valence electrons. The van der Waals surface area contributed by atoms with Gasteiger partial charge in [-0.3, -0.25) is 4.79 Å². The van der Waals surface area contributed by atoms with Gasteiger partial charge in [0, 0.05) is 11.1 Å². The molecule has 1 aliphatic heterocycles. The second-order valence-corrected chi connectivity index (χ2v) is 3.81. The van der Waals surface area contributed by atoms with Crippen molar-refractivity contribution < 1.29 is 4.74 Å². The Hall–Kier alpha value is -2.54. The summed E-state index contributed by atoms with van der Waals surface area (Å²) in [6.45, 7) is 0.373. The Balaban J connectivity index is 2.31. The summed E-state index contributed by atoms with van der Waals surface area (Å²) in [6, 6.07) is 11.0. The molecular formula is C13H8N2O2. The number of H-pyrrole nitrogens is 1. The zero-order valence-electron chi connectivity index (χ0n) is 8.86. The number of pyridine rings is 1. The van der Waals surface area contributed by atoms with Gasteiger partial charge < -0.3 is 9.72 Å². The molecule has 3 rings (SSSR count). The van der Waals surface area contributed by atoms with E-state index in [9.17, 15) is 4.79 Å². The summed E-state index contributed by atoms with van der Waals surface area (Å²) in [7, 11) is 0. The third-order valence-electron chi connectivity index (χ3n) is 2.78. The number of hydrogen-bond acceptors (Lipinski definition) is 3. The van der Waals surface area contributed by atoms with Crippen molar-refractivity contribution in [2.45, 2.75) is 6.61 Å². The Morgan fingerprint density at radius 2 is 2.18 bits per heavy atom. The number of aromatic amines is 1. The maximum Gasteiger partial charge on any atom is 0.266 e. The molecule has 0 saturated carbocycles. The maximum atomic E-state index is 11.6. The minimum atomic E-state index is -0.358. The molecule has 0 fully saturated rings. The maximum absolute atomic E-state index is 11.6. The van der Waals surface area contributed by atoms with Crippen molar-refractivity contribution in [2.24, 2.45) is 0 Å². The van der Waals surface area contributed by atoms with Crippen LogP contribution in [0.25, 0.3) is 11.3 Å². The number of ether oxygens (including phenoxy) is 1. The van der Waals surface area contributed by atoms with Gasteiger partial charge in [0.2, 0.25) is 0 Å². The molecule has 1 N–H and O–H groups in total. The predicted octanol–water partition coefficient (Wildman–Crippen LogP) is 1.81. The summed E-state index contributed by atoms with van der Waals surface area (Å²) in [5.74, 6) is 0.750. The average Bonchev–Trinajstić information content (AvgIpc) is 2.38. The normalized spacial score (nSPS) is 11.9. The number of nitrogens with zero attached hydrogens (tertiary/aromatic N) is 1. The summed E-state index contributed by atoms with van der Waals surface area (Å²) in [5.41, 5.74) is 2.20. The molecule has 4 heteroatoms. The molecule has 0 spiro atoms. The first kappa shape index (κ1) is 9.67. The third-order valence-corrected chi connectivity index (χ3v) is 2.78. The van der Waals surface area contributed by atoms with Crippen molar-refractivity contribution in [3.63, 3.8) is 0 Å². The number of para-hydroxylation sites is 1. The van der Waals surface area contributed by atoms with Crippen LogP contribution in [-0.2, 0) is 6.61 Å². The van der Waals surface area contributed by atoms with Crippen LogP contribution in [0.1, 0.15) is 11.1 Å². The van der Waals surface area contributed by atoms with Crippen LogP contribution in [-0.4, -0.2) is 4.98 Å². The lowest BCUT2D eigenvalue weighted by atomic mass is 10.0. The number of hydrogen-bond donors (Lipinski definition) is 1. The quantitative estimate of drug-likeness (QED) is 0.742. The Kier molecular flexibility index (Phi) is 1.99.